The third-order valence-electron chi connectivity index (χ3n) is 2.90. The van der Waals surface area contributed by atoms with Crippen LogP contribution in [0.25, 0.3) is 11.0 Å². The molecule has 0 amide bonds. The number of furan rings is 1. The van der Waals surface area contributed by atoms with Crippen molar-refractivity contribution in [2.24, 2.45) is 0 Å². The molecule has 2 aromatic carbocycles. The van der Waals surface area contributed by atoms with E-state index in [9.17, 15) is 0 Å². The molecule has 0 aliphatic carbocycles. The summed E-state index contributed by atoms with van der Waals surface area (Å²) in [5.74, 6) is 0. The molecule has 0 saturated carbocycles. The molecule has 3 rings (SSSR count). The summed E-state index contributed by atoms with van der Waals surface area (Å²) in [4.78, 5) is 0. The molecule has 0 aliphatic rings. The van der Waals surface area contributed by atoms with Gasteiger partial charge in [0.15, 0.2) is 0 Å². The molecule has 3 heteroatoms. The van der Waals surface area contributed by atoms with E-state index in [0.29, 0.717) is 0 Å². The Bertz CT molecular complexity index is 675. The summed E-state index contributed by atoms with van der Waals surface area (Å²) in [7, 11) is 0. The molecular weight excluding hydrogens is 290 g/mol. The molecule has 0 radical (unpaired) electrons. The topological polar surface area (TPSA) is 25.2 Å². The van der Waals surface area contributed by atoms with E-state index in [1.165, 1.54) is 5.56 Å². The lowest BCUT2D eigenvalue weighted by atomic mass is 10.2. The van der Waals surface area contributed by atoms with E-state index in [-0.39, 0.29) is 0 Å². The highest BCUT2D eigenvalue weighted by Gasteiger charge is 2.05. The molecule has 90 valence electrons. The summed E-state index contributed by atoms with van der Waals surface area (Å²) in [5, 5.41) is 4.56. The maximum atomic E-state index is 5.52. The van der Waals surface area contributed by atoms with Crippen molar-refractivity contribution < 1.29 is 4.42 Å². The van der Waals surface area contributed by atoms with Crippen LogP contribution in [-0.2, 0) is 6.54 Å². The van der Waals surface area contributed by atoms with Crippen LogP contribution in [0.4, 0.5) is 5.69 Å². The Morgan fingerprint density at radius 2 is 1.78 bits per heavy atom. The Morgan fingerprint density at radius 3 is 2.67 bits per heavy atom. The van der Waals surface area contributed by atoms with E-state index in [1.807, 2.05) is 48.7 Å². The number of halogens is 1. The molecule has 1 aromatic heterocycles. The minimum atomic E-state index is 0.750. The Hall–Kier alpha value is -1.74. The van der Waals surface area contributed by atoms with Gasteiger partial charge in [-0.1, -0.05) is 30.3 Å². The summed E-state index contributed by atoms with van der Waals surface area (Å²) in [6.45, 7) is 0.750. The van der Waals surface area contributed by atoms with Gasteiger partial charge in [0.1, 0.15) is 5.58 Å². The van der Waals surface area contributed by atoms with Crippen molar-refractivity contribution in [1.82, 2.24) is 0 Å². The second kappa shape index (κ2) is 4.86. The molecule has 0 spiro atoms. The van der Waals surface area contributed by atoms with Gasteiger partial charge in [0.05, 0.1) is 6.26 Å². The SMILES string of the molecule is Brc1ccccc1NCc1coc2ccccc12. The lowest BCUT2D eigenvalue weighted by molar-refractivity contribution is 0.611. The normalized spacial score (nSPS) is 10.7. The Kier molecular flexibility index (Phi) is 3.07. The summed E-state index contributed by atoms with van der Waals surface area (Å²) in [6.07, 6.45) is 1.81. The number of benzene rings is 2. The number of para-hydroxylation sites is 2. The van der Waals surface area contributed by atoms with Crippen molar-refractivity contribution in [1.29, 1.82) is 0 Å². The molecule has 1 heterocycles. The summed E-state index contributed by atoms with van der Waals surface area (Å²) in [6, 6.07) is 16.2. The zero-order valence-electron chi connectivity index (χ0n) is 9.69. The smallest absolute Gasteiger partial charge is 0.134 e. The quantitative estimate of drug-likeness (QED) is 0.751. The van der Waals surface area contributed by atoms with Crippen LogP contribution in [0.2, 0.25) is 0 Å². The summed E-state index contributed by atoms with van der Waals surface area (Å²) < 4.78 is 6.58. The molecule has 0 saturated heterocycles. The predicted molar refractivity (Wildman–Crippen MR) is 77.7 cm³/mol. The van der Waals surface area contributed by atoms with Gasteiger partial charge in [0, 0.05) is 27.7 Å². The monoisotopic (exact) mass is 301 g/mol. The fourth-order valence-corrected chi connectivity index (χ4v) is 2.39. The zero-order valence-corrected chi connectivity index (χ0v) is 11.3. The van der Waals surface area contributed by atoms with Crippen LogP contribution in [0.15, 0.2) is 63.7 Å². The van der Waals surface area contributed by atoms with E-state index in [2.05, 4.69) is 27.3 Å². The third kappa shape index (κ3) is 2.14. The largest absolute Gasteiger partial charge is 0.464 e. The number of anilines is 1. The van der Waals surface area contributed by atoms with Crippen molar-refractivity contribution in [3.05, 3.63) is 64.8 Å². The first-order chi connectivity index (χ1) is 8.84. The van der Waals surface area contributed by atoms with Crippen LogP contribution in [0, 0.1) is 0 Å². The standard InChI is InChI=1S/C15H12BrNO/c16-13-6-2-3-7-14(13)17-9-11-10-18-15-8-4-1-5-12(11)15/h1-8,10,17H,9H2. The van der Waals surface area contributed by atoms with Crippen LogP contribution in [0.5, 0.6) is 0 Å². The van der Waals surface area contributed by atoms with Crippen molar-refractivity contribution in [2.75, 3.05) is 5.32 Å². The van der Waals surface area contributed by atoms with Gasteiger partial charge in [-0.2, -0.15) is 0 Å². The van der Waals surface area contributed by atoms with Gasteiger partial charge in [-0.05, 0) is 34.1 Å². The van der Waals surface area contributed by atoms with Crippen LogP contribution < -0.4 is 5.32 Å². The average Bonchev–Trinajstić information content (AvgIpc) is 2.81. The molecule has 18 heavy (non-hydrogen) atoms. The highest BCUT2D eigenvalue weighted by Crippen LogP contribution is 2.24. The minimum Gasteiger partial charge on any atom is -0.464 e. The number of fused-ring (bicyclic) bond motifs is 1. The fourth-order valence-electron chi connectivity index (χ4n) is 1.96. The fraction of sp³-hybridized carbons (Fsp3) is 0.0667. The van der Waals surface area contributed by atoms with Crippen LogP contribution in [-0.4, -0.2) is 0 Å². The van der Waals surface area contributed by atoms with Crippen molar-refractivity contribution in [3.63, 3.8) is 0 Å². The first-order valence-corrected chi connectivity index (χ1v) is 6.57. The Labute approximate surface area is 114 Å². The van der Waals surface area contributed by atoms with Gasteiger partial charge in [-0.25, -0.2) is 0 Å². The number of rotatable bonds is 3. The highest BCUT2D eigenvalue weighted by atomic mass is 79.9. The molecular formula is C15H12BrNO. The first-order valence-electron chi connectivity index (χ1n) is 5.78. The molecule has 0 atom stereocenters. The van der Waals surface area contributed by atoms with Gasteiger partial charge in [0.2, 0.25) is 0 Å². The molecule has 2 nitrogen and oxygen atoms in total. The molecule has 1 N–H and O–H groups in total. The third-order valence-corrected chi connectivity index (χ3v) is 3.60. The number of nitrogens with one attached hydrogen (secondary N) is 1. The van der Waals surface area contributed by atoms with E-state index >= 15 is 0 Å². The molecule has 0 fully saturated rings. The second-order valence-electron chi connectivity index (χ2n) is 4.09. The maximum absolute atomic E-state index is 5.52. The van der Waals surface area contributed by atoms with Gasteiger partial charge < -0.3 is 9.73 Å². The lowest BCUT2D eigenvalue weighted by Crippen LogP contribution is -1.98. The Balaban J connectivity index is 1.83. The van der Waals surface area contributed by atoms with Crippen molar-refractivity contribution >= 4 is 32.6 Å². The van der Waals surface area contributed by atoms with Crippen molar-refractivity contribution in [3.8, 4) is 0 Å². The highest BCUT2D eigenvalue weighted by molar-refractivity contribution is 9.10. The predicted octanol–water partition coefficient (Wildman–Crippen LogP) is 4.81. The van der Waals surface area contributed by atoms with E-state index < -0.39 is 0 Å². The Morgan fingerprint density at radius 1 is 1.00 bits per heavy atom. The van der Waals surface area contributed by atoms with Gasteiger partial charge in [-0.15, -0.1) is 0 Å². The number of hydrogen-bond donors (Lipinski definition) is 1. The van der Waals surface area contributed by atoms with Crippen LogP contribution in [0.1, 0.15) is 5.56 Å². The summed E-state index contributed by atoms with van der Waals surface area (Å²) >= 11 is 3.52. The lowest BCUT2D eigenvalue weighted by Gasteiger charge is -2.06. The average molecular weight is 302 g/mol. The molecule has 0 bridgehead atoms. The maximum Gasteiger partial charge on any atom is 0.134 e. The van der Waals surface area contributed by atoms with Crippen LogP contribution >= 0.6 is 15.9 Å². The van der Waals surface area contributed by atoms with Gasteiger partial charge in [0.25, 0.3) is 0 Å². The molecule has 0 unspecified atom stereocenters. The van der Waals surface area contributed by atoms with E-state index in [4.69, 9.17) is 4.42 Å². The second-order valence-corrected chi connectivity index (χ2v) is 4.94. The van der Waals surface area contributed by atoms with E-state index in [1.54, 1.807) is 0 Å². The minimum absolute atomic E-state index is 0.750. The summed E-state index contributed by atoms with van der Waals surface area (Å²) in [5.41, 5.74) is 3.19. The zero-order chi connectivity index (χ0) is 12.4. The van der Waals surface area contributed by atoms with Gasteiger partial charge in [-0.3, -0.25) is 0 Å². The van der Waals surface area contributed by atoms with Gasteiger partial charge >= 0.3 is 0 Å². The number of hydrogen-bond acceptors (Lipinski definition) is 2. The van der Waals surface area contributed by atoms with Crippen LogP contribution in [0.3, 0.4) is 0 Å². The molecule has 0 aliphatic heterocycles. The van der Waals surface area contributed by atoms with Crippen molar-refractivity contribution in [2.45, 2.75) is 6.54 Å². The van der Waals surface area contributed by atoms with E-state index in [0.717, 1.165) is 27.7 Å². The first kappa shape index (κ1) is 11.4. The molecule has 3 aromatic rings.